The molecule has 0 aromatic heterocycles. The Morgan fingerprint density at radius 2 is 1.74 bits per heavy atom. The fourth-order valence-corrected chi connectivity index (χ4v) is 3.51. The van der Waals surface area contributed by atoms with Crippen molar-refractivity contribution >= 4 is 15.9 Å². The summed E-state index contributed by atoms with van der Waals surface area (Å²) in [6.45, 7) is 6.36. The van der Waals surface area contributed by atoms with Crippen LogP contribution in [0.1, 0.15) is 64.4 Å². The molecule has 1 N–H and O–H groups in total. The summed E-state index contributed by atoms with van der Waals surface area (Å²) < 4.78 is 12.7. The van der Waals surface area contributed by atoms with Gasteiger partial charge in [-0.3, -0.25) is 0 Å². The Hall–Kier alpha value is -0.740. The molecule has 4 heteroatoms. The smallest absolute Gasteiger partial charge is 0.162 e. The molecule has 23 heavy (non-hydrogen) atoms. The van der Waals surface area contributed by atoms with Gasteiger partial charge in [0.2, 0.25) is 0 Å². The van der Waals surface area contributed by atoms with Gasteiger partial charge in [0.15, 0.2) is 11.5 Å². The summed E-state index contributed by atoms with van der Waals surface area (Å²) >= 11 is 3.69. The molecular formula is C19H30BrNO2. The average Bonchev–Trinajstić information content (AvgIpc) is 2.82. The van der Waals surface area contributed by atoms with Gasteiger partial charge < -0.3 is 14.8 Å². The highest BCUT2D eigenvalue weighted by Gasteiger charge is 2.14. The maximum atomic E-state index is 5.81. The summed E-state index contributed by atoms with van der Waals surface area (Å²) in [4.78, 5) is 0. The van der Waals surface area contributed by atoms with E-state index in [9.17, 15) is 0 Å². The molecule has 0 amide bonds. The summed E-state index contributed by atoms with van der Waals surface area (Å²) in [6, 6.07) is 4.81. The van der Waals surface area contributed by atoms with Crippen LogP contribution in [0.25, 0.3) is 0 Å². The first-order valence-electron chi connectivity index (χ1n) is 9.06. The molecular weight excluding hydrogens is 354 g/mol. The van der Waals surface area contributed by atoms with Crippen molar-refractivity contribution in [1.29, 1.82) is 0 Å². The minimum Gasteiger partial charge on any atom is -0.490 e. The van der Waals surface area contributed by atoms with Crippen molar-refractivity contribution in [2.75, 3.05) is 13.2 Å². The van der Waals surface area contributed by atoms with Crippen molar-refractivity contribution in [3.63, 3.8) is 0 Å². The zero-order valence-electron chi connectivity index (χ0n) is 14.5. The van der Waals surface area contributed by atoms with Crippen molar-refractivity contribution in [2.24, 2.45) is 0 Å². The topological polar surface area (TPSA) is 30.5 Å². The molecule has 0 spiro atoms. The lowest BCUT2D eigenvalue weighted by molar-refractivity contribution is 0.276. The highest BCUT2D eigenvalue weighted by molar-refractivity contribution is 9.10. The van der Waals surface area contributed by atoms with Crippen LogP contribution in [0.15, 0.2) is 16.6 Å². The number of nitrogens with one attached hydrogen (secondary N) is 1. The lowest BCUT2D eigenvalue weighted by Crippen LogP contribution is -2.28. The van der Waals surface area contributed by atoms with E-state index in [1.54, 1.807) is 0 Å². The van der Waals surface area contributed by atoms with Crippen molar-refractivity contribution < 1.29 is 9.47 Å². The minimum atomic E-state index is 0.649. The third-order valence-electron chi connectivity index (χ3n) is 4.31. The van der Waals surface area contributed by atoms with Gasteiger partial charge in [0.1, 0.15) is 0 Å². The second-order valence-electron chi connectivity index (χ2n) is 6.24. The van der Waals surface area contributed by atoms with Gasteiger partial charge in [0.25, 0.3) is 0 Å². The molecule has 1 fully saturated rings. The van der Waals surface area contributed by atoms with Crippen LogP contribution in [0, 0.1) is 0 Å². The summed E-state index contributed by atoms with van der Waals surface area (Å²) in [5.41, 5.74) is 1.24. The SMILES string of the molecule is CCCOc1cc(Br)c(CNC2CCCCCC2)cc1OCC. The molecule has 1 aromatic rings. The maximum Gasteiger partial charge on any atom is 0.162 e. The Kier molecular flexibility index (Phi) is 8.24. The van der Waals surface area contributed by atoms with Crippen LogP contribution in [0.2, 0.25) is 0 Å². The first-order chi connectivity index (χ1) is 11.2. The molecule has 0 radical (unpaired) electrons. The van der Waals surface area contributed by atoms with E-state index in [-0.39, 0.29) is 0 Å². The van der Waals surface area contributed by atoms with Gasteiger partial charge in [-0.1, -0.05) is 48.5 Å². The molecule has 0 saturated heterocycles. The van der Waals surface area contributed by atoms with Crippen LogP contribution >= 0.6 is 15.9 Å². The molecule has 0 atom stereocenters. The predicted octanol–water partition coefficient (Wildman–Crippen LogP) is 5.45. The number of halogens is 1. The van der Waals surface area contributed by atoms with Crippen LogP contribution in [0.3, 0.4) is 0 Å². The lowest BCUT2D eigenvalue weighted by Gasteiger charge is -2.19. The van der Waals surface area contributed by atoms with Crippen LogP contribution in [-0.4, -0.2) is 19.3 Å². The van der Waals surface area contributed by atoms with Gasteiger partial charge in [-0.05, 0) is 43.9 Å². The molecule has 3 nitrogen and oxygen atoms in total. The van der Waals surface area contributed by atoms with E-state index < -0.39 is 0 Å². The van der Waals surface area contributed by atoms with Gasteiger partial charge in [-0.25, -0.2) is 0 Å². The van der Waals surface area contributed by atoms with Crippen LogP contribution < -0.4 is 14.8 Å². The Morgan fingerprint density at radius 3 is 2.39 bits per heavy atom. The number of ether oxygens (including phenoxy) is 2. The quantitative estimate of drug-likeness (QED) is 0.605. The van der Waals surface area contributed by atoms with E-state index in [1.807, 2.05) is 13.0 Å². The predicted molar refractivity (Wildman–Crippen MR) is 99.4 cm³/mol. The number of benzene rings is 1. The van der Waals surface area contributed by atoms with E-state index in [2.05, 4.69) is 34.2 Å². The normalized spacial score (nSPS) is 16.1. The van der Waals surface area contributed by atoms with Gasteiger partial charge in [0, 0.05) is 17.1 Å². The van der Waals surface area contributed by atoms with E-state index >= 15 is 0 Å². The third kappa shape index (κ3) is 6.00. The number of hydrogen-bond donors (Lipinski definition) is 1. The highest BCUT2D eigenvalue weighted by atomic mass is 79.9. The third-order valence-corrected chi connectivity index (χ3v) is 5.05. The average molecular weight is 384 g/mol. The Morgan fingerprint density at radius 1 is 1.04 bits per heavy atom. The van der Waals surface area contributed by atoms with Crippen molar-refractivity contribution in [3.05, 3.63) is 22.2 Å². The molecule has 1 aliphatic rings. The first kappa shape index (κ1) is 18.6. The van der Waals surface area contributed by atoms with Gasteiger partial charge in [-0.2, -0.15) is 0 Å². The molecule has 0 unspecified atom stereocenters. The Balaban J connectivity index is 2.03. The molecule has 0 bridgehead atoms. The number of hydrogen-bond acceptors (Lipinski definition) is 3. The Labute approximate surface area is 149 Å². The summed E-state index contributed by atoms with van der Waals surface area (Å²) in [6.07, 6.45) is 9.08. The molecule has 1 aliphatic carbocycles. The Bertz CT molecular complexity index is 471. The van der Waals surface area contributed by atoms with Crippen LogP contribution in [0.4, 0.5) is 0 Å². The summed E-state index contributed by atoms with van der Waals surface area (Å²) in [5.74, 6) is 1.68. The molecule has 0 aliphatic heterocycles. The van der Waals surface area contributed by atoms with E-state index in [1.165, 1.54) is 44.1 Å². The van der Waals surface area contributed by atoms with E-state index in [0.29, 0.717) is 19.3 Å². The van der Waals surface area contributed by atoms with Crippen molar-refractivity contribution in [2.45, 2.75) is 71.4 Å². The van der Waals surface area contributed by atoms with Gasteiger partial charge in [-0.15, -0.1) is 0 Å². The van der Waals surface area contributed by atoms with Gasteiger partial charge >= 0.3 is 0 Å². The van der Waals surface area contributed by atoms with E-state index in [0.717, 1.165) is 28.9 Å². The van der Waals surface area contributed by atoms with E-state index in [4.69, 9.17) is 9.47 Å². The highest BCUT2D eigenvalue weighted by Crippen LogP contribution is 2.34. The number of rotatable bonds is 8. The first-order valence-corrected chi connectivity index (χ1v) is 9.85. The molecule has 1 aromatic carbocycles. The monoisotopic (exact) mass is 383 g/mol. The molecule has 130 valence electrons. The summed E-state index contributed by atoms with van der Waals surface area (Å²) in [5, 5.41) is 3.72. The molecule has 2 rings (SSSR count). The van der Waals surface area contributed by atoms with Crippen molar-refractivity contribution in [3.8, 4) is 11.5 Å². The zero-order valence-corrected chi connectivity index (χ0v) is 16.1. The summed E-state index contributed by atoms with van der Waals surface area (Å²) in [7, 11) is 0. The fourth-order valence-electron chi connectivity index (χ4n) is 3.04. The second kappa shape index (κ2) is 10.2. The lowest BCUT2D eigenvalue weighted by atomic mass is 10.1. The van der Waals surface area contributed by atoms with Gasteiger partial charge in [0.05, 0.1) is 13.2 Å². The standard InChI is InChI=1S/C19H30BrNO2/c1-3-11-23-19-13-17(20)15(12-18(19)22-4-2)14-21-16-9-7-5-6-8-10-16/h12-13,16,21H,3-11,14H2,1-2H3. The zero-order chi connectivity index (χ0) is 16.5. The fraction of sp³-hybridized carbons (Fsp3) is 0.684. The second-order valence-corrected chi connectivity index (χ2v) is 7.10. The molecule has 0 heterocycles. The largest absolute Gasteiger partial charge is 0.490 e. The maximum absolute atomic E-state index is 5.81. The van der Waals surface area contributed by atoms with Crippen LogP contribution in [-0.2, 0) is 6.54 Å². The van der Waals surface area contributed by atoms with Crippen molar-refractivity contribution in [1.82, 2.24) is 5.32 Å². The minimum absolute atomic E-state index is 0.649. The molecule has 1 saturated carbocycles. The van der Waals surface area contributed by atoms with Crippen LogP contribution in [0.5, 0.6) is 11.5 Å².